The van der Waals surface area contributed by atoms with Crippen molar-refractivity contribution in [1.29, 1.82) is 0 Å². The molecule has 0 radical (unpaired) electrons. The molecule has 1 unspecified atom stereocenters. The van der Waals surface area contributed by atoms with Crippen molar-refractivity contribution in [3.05, 3.63) is 34.9 Å². The quantitative estimate of drug-likeness (QED) is 0.770. The average molecular weight is 342 g/mol. The molecule has 0 spiro atoms. The highest BCUT2D eigenvalue weighted by molar-refractivity contribution is 6.22. The van der Waals surface area contributed by atoms with E-state index in [1.54, 1.807) is 18.2 Å². The molecule has 1 aromatic carbocycles. The van der Waals surface area contributed by atoms with Crippen molar-refractivity contribution >= 4 is 17.7 Å². The summed E-state index contributed by atoms with van der Waals surface area (Å²) in [6.45, 7) is 5.34. The van der Waals surface area contributed by atoms with E-state index >= 15 is 0 Å². The Morgan fingerprint density at radius 3 is 2.60 bits per heavy atom. The molecule has 5 nitrogen and oxygen atoms in total. The van der Waals surface area contributed by atoms with Crippen LogP contribution in [0.4, 0.5) is 0 Å². The van der Waals surface area contributed by atoms with Gasteiger partial charge < -0.3 is 4.90 Å². The minimum Gasteiger partial charge on any atom is -0.336 e. The van der Waals surface area contributed by atoms with Gasteiger partial charge in [0.15, 0.2) is 0 Å². The molecule has 0 bridgehead atoms. The van der Waals surface area contributed by atoms with Crippen molar-refractivity contribution in [2.24, 2.45) is 0 Å². The van der Waals surface area contributed by atoms with Gasteiger partial charge in [-0.15, -0.1) is 0 Å². The first-order valence-corrected chi connectivity index (χ1v) is 9.39. The first-order chi connectivity index (χ1) is 12.1. The molecule has 5 heteroatoms. The fourth-order valence-electron chi connectivity index (χ4n) is 3.80. The molecule has 0 N–H and O–H groups in total. The van der Waals surface area contributed by atoms with Crippen LogP contribution in [0.5, 0.6) is 0 Å². The Morgan fingerprint density at radius 2 is 1.88 bits per heavy atom. The summed E-state index contributed by atoms with van der Waals surface area (Å²) in [5.41, 5.74) is 1.30. The van der Waals surface area contributed by atoms with Crippen molar-refractivity contribution < 1.29 is 14.4 Å². The molecule has 2 aliphatic heterocycles. The summed E-state index contributed by atoms with van der Waals surface area (Å²) in [7, 11) is 0. The fourth-order valence-corrected chi connectivity index (χ4v) is 3.80. The molecular weight excluding hydrogens is 316 g/mol. The van der Waals surface area contributed by atoms with Crippen molar-refractivity contribution in [2.75, 3.05) is 13.1 Å². The van der Waals surface area contributed by atoms with E-state index in [2.05, 4.69) is 6.92 Å². The van der Waals surface area contributed by atoms with E-state index in [1.165, 1.54) is 4.90 Å². The minimum absolute atomic E-state index is 0.0263. The van der Waals surface area contributed by atoms with Gasteiger partial charge in [0.2, 0.25) is 0 Å². The topological polar surface area (TPSA) is 57.7 Å². The van der Waals surface area contributed by atoms with Crippen LogP contribution in [0.2, 0.25) is 0 Å². The van der Waals surface area contributed by atoms with Crippen molar-refractivity contribution in [3.8, 4) is 0 Å². The summed E-state index contributed by atoms with van der Waals surface area (Å²) >= 11 is 0. The van der Waals surface area contributed by atoms with Gasteiger partial charge in [0.25, 0.3) is 17.7 Å². The zero-order valence-corrected chi connectivity index (χ0v) is 15.1. The van der Waals surface area contributed by atoms with Crippen molar-refractivity contribution in [3.63, 3.8) is 0 Å². The second-order valence-corrected chi connectivity index (χ2v) is 6.93. The van der Waals surface area contributed by atoms with Crippen LogP contribution in [0.1, 0.15) is 83.4 Å². The van der Waals surface area contributed by atoms with Gasteiger partial charge in [-0.1, -0.05) is 20.3 Å². The van der Waals surface area contributed by atoms with Gasteiger partial charge in [-0.05, 0) is 50.3 Å². The van der Waals surface area contributed by atoms with Crippen LogP contribution in [0.25, 0.3) is 0 Å². The Kier molecular flexibility index (Phi) is 5.21. The Hall–Kier alpha value is -2.17. The number of piperidine rings is 1. The third-order valence-corrected chi connectivity index (χ3v) is 5.31. The number of rotatable bonds is 5. The summed E-state index contributed by atoms with van der Waals surface area (Å²) in [6.07, 6.45) is 5.88. The van der Waals surface area contributed by atoms with E-state index in [4.69, 9.17) is 0 Å². The summed E-state index contributed by atoms with van der Waals surface area (Å²) in [5.74, 6) is -0.535. The molecule has 2 aliphatic rings. The van der Waals surface area contributed by atoms with Gasteiger partial charge in [-0.3, -0.25) is 19.3 Å². The molecular formula is C20H26N2O3. The highest BCUT2D eigenvalue weighted by atomic mass is 16.2. The van der Waals surface area contributed by atoms with Crippen LogP contribution >= 0.6 is 0 Å². The van der Waals surface area contributed by atoms with E-state index in [1.807, 2.05) is 11.8 Å². The highest BCUT2D eigenvalue weighted by Gasteiger charge is 2.36. The third-order valence-electron chi connectivity index (χ3n) is 5.31. The maximum Gasteiger partial charge on any atom is 0.261 e. The number of fused-ring (bicyclic) bond motifs is 1. The van der Waals surface area contributed by atoms with Crippen molar-refractivity contribution in [1.82, 2.24) is 9.80 Å². The lowest BCUT2D eigenvalue weighted by Gasteiger charge is -2.35. The van der Waals surface area contributed by atoms with Crippen molar-refractivity contribution in [2.45, 2.75) is 58.4 Å². The molecule has 3 amide bonds. The predicted octanol–water partition coefficient (Wildman–Crippen LogP) is 3.49. The van der Waals surface area contributed by atoms with Gasteiger partial charge in [-0.25, -0.2) is 0 Å². The van der Waals surface area contributed by atoms with Gasteiger partial charge in [0.05, 0.1) is 11.1 Å². The number of carbonyl (C=O) groups is 3. The van der Waals surface area contributed by atoms with Crippen LogP contribution in [0, 0.1) is 0 Å². The molecule has 3 rings (SSSR count). The van der Waals surface area contributed by atoms with Crippen LogP contribution in [-0.4, -0.2) is 46.7 Å². The Morgan fingerprint density at radius 1 is 1.12 bits per heavy atom. The first-order valence-electron chi connectivity index (χ1n) is 9.39. The maximum absolute atomic E-state index is 12.9. The van der Waals surface area contributed by atoms with E-state index in [0.717, 1.165) is 45.1 Å². The first kappa shape index (κ1) is 17.6. The number of nitrogens with zero attached hydrogens (tertiary/aromatic N) is 2. The lowest BCUT2D eigenvalue weighted by Crippen LogP contribution is -2.43. The molecule has 0 saturated carbocycles. The fraction of sp³-hybridized carbons (Fsp3) is 0.550. The van der Waals surface area contributed by atoms with Crippen LogP contribution in [-0.2, 0) is 0 Å². The summed E-state index contributed by atoms with van der Waals surface area (Å²) < 4.78 is 0. The number of amides is 3. The molecule has 2 heterocycles. The molecule has 1 atom stereocenters. The number of imide groups is 1. The monoisotopic (exact) mass is 342 g/mol. The standard InChI is InChI=1S/C20H26N2O3/c1-3-5-11-22-19(24)16-10-9-14(13-17(16)20(22)25)18(23)21-12-7-6-8-15(21)4-2/h9-10,13,15H,3-8,11-12H2,1-2H3. The molecule has 1 fully saturated rings. The van der Waals surface area contributed by atoms with Gasteiger partial charge in [-0.2, -0.15) is 0 Å². The van der Waals surface area contributed by atoms with Crippen LogP contribution in [0.15, 0.2) is 18.2 Å². The lowest BCUT2D eigenvalue weighted by molar-refractivity contribution is 0.0607. The summed E-state index contributed by atoms with van der Waals surface area (Å²) in [4.78, 5) is 41.1. The van der Waals surface area contributed by atoms with E-state index in [9.17, 15) is 14.4 Å². The minimum atomic E-state index is -0.270. The second-order valence-electron chi connectivity index (χ2n) is 6.93. The van der Waals surface area contributed by atoms with E-state index < -0.39 is 0 Å². The summed E-state index contributed by atoms with van der Waals surface area (Å²) in [6, 6.07) is 5.22. The largest absolute Gasteiger partial charge is 0.336 e. The van der Waals surface area contributed by atoms with Crippen LogP contribution in [0.3, 0.4) is 0 Å². The number of benzene rings is 1. The zero-order chi connectivity index (χ0) is 18.0. The van der Waals surface area contributed by atoms with E-state index in [0.29, 0.717) is 23.2 Å². The maximum atomic E-state index is 12.9. The number of hydrogen-bond donors (Lipinski definition) is 0. The second kappa shape index (κ2) is 7.38. The number of likely N-dealkylation sites (tertiary alicyclic amines) is 1. The zero-order valence-electron chi connectivity index (χ0n) is 15.1. The molecule has 25 heavy (non-hydrogen) atoms. The summed E-state index contributed by atoms with van der Waals surface area (Å²) in [5, 5.41) is 0. The molecule has 1 saturated heterocycles. The molecule has 0 aliphatic carbocycles. The molecule has 0 aromatic heterocycles. The Balaban J connectivity index is 1.85. The van der Waals surface area contributed by atoms with Gasteiger partial charge in [0.1, 0.15) is 0 Å². The number of unbranched alkanes of at least 4 members (excludes halogenated alkanes) is 1. The number of hydrogen-bond acceptors (Lipinski definition) is 3. The molecule has 134 valence electrons. The van der Waals surface area contributed by atoms with Gasteiger partial charge >= 0.3 is 0 Å². The third kappa shape index (κ3) is 3.20. The predicted molar refractivity (Wildman–Crippen MR) is 95.7 cm³/mol. The number of carbonyl (C=O) groups excluding carboxylic acids is 3. The van der Waals surface area contributed by atoms with Gasteiger partial charge in [0, 0.05) is 24.7 Å². The smallest absolute Gasteiger partial charge is 0.261 e. The van der Waals surface area contributed by atoms with Crippen LogP contribution < -0.4 is 0 Å². The van der Waals surface area contributed by atoms with E-state index in [-0.39, 0.29) is 23.8 Å². The lowest BCUT2D eigenvalue weighted by atomic mass is 9.98. The highest BCUT2D eigenvalue weighted by Crippen LogP contribution is 2.27. The molecule has 1 aromatic rings. The normalized spacial score (nSPS) is 20.2. The average Bonchev–Trinajstić information content (AvgIpc) is 2.89. The SMILES string of the molecule is CCCCN1C(=O)c2ccc(C(=O)N3CCCCC3CC)cc2C1=O. The Bertz CT molecular complexity index is 698. The Labute approximate surface area is 149 Å².